The summed E-state index contributed by atoms with van der Waals surface area (Å²) in [6, 6.07) is 36.9. The van der Waals surface area contributed by atoms with Crippen LogP contribution in [0.25, 0.3) is 0 Å². The molecule has 0 amide bonds. The van der Waals surface area contributed by atoms with Crippen LogP contribution in [-0.2, 0) is 25.7 Å². The fourth-order valence-corrected chi connectivity index (χ4v) is 5.64. The smallest absolute Gasteiger partial charge is 0.138 e. The van der Waals surface area contributed by atoms with Gasteiger partial charge in [-0.1, -0.05) is 88.4 Å². The molecule has 0 radical (unpaired) electrons. The number of para-hydroxylation sites is 2. The van der Waals surface area contributed by atoms with Gasteiger partial charge in [0.2, 0.25) is 0 Å². The van der Waals surface area contributed by atoms with E-state index in [0.717, 1.165) is 49.0 Å². The van der Waals surface area contributed by atoms with E-state index in [1.54, 1.807) is 0 Å². The topological polar surface area (TPSA) is 58.0 Å². The van der Waals surface area contributed by atoms with Gasteiger partial charge in [-0.3, -0.25) is 9.80 Å². The predicted molar refractivity (Wildman–Crippen MR) is 191 cm³/mol. The maximum Gasteiger partial charge on any atom is 0.138 e. The molecule has 0 fully saturated rings. The first-order valence-electron chi connectivity index (χ1n) is 16.2. The van der Waals surface area contributed by atoms with E-state index in [9.17, 15) is 0 Å². The Morgan fingerprint density at radius 2 is 0.609 bits per heavy atom. The van der Waals surface area contributed by atoms with Crippen LogP contribution in [0.1, 0.15) is 49.9 Å². The predicted octanol–water partition coefficient (Wildman–Crippen LogP) is 10.1. The third-order valence-electron chi connectivity index (χ3n) is 7.89. The molecule has 46 heavy (non-hydrogen) atoms. The lowest BCUT2D eigenvalue weighted by molar-refractivity contribution is 1.03. The zero-order valence-electron chi connectivity index (χ0n) is 27.2. The second-order valence-corrected chi connectivity index (χ2v) is 10.7. The Morgan fingerprint density at radius 1 is 0.348 bits per heavy atom. The molecule has 0 aliphatic rings. The summed E-state index contributed by atoms with van der Waals surface area (Å²) in [5.41, 5.74) is 7.63. The lowest BCUT2D eigenvalue weighted by Crippen LogP contribution is -2.16. The van der Waals surface area contributed by atoms with Gasteiger partial charge in [0.15, 0.2) is 0 Å². The first-order chi connectivity index (χ1) is 22.7. The van der Waals surface area contributed by atoms with Crippen molar-refractivity contribution in [3.05, 3.63) is 156 Å². The Morgan fingerprint density at radius 3 is 0.804 bits per heavy atom. The zero-order chi connectivity index (χ0) is 32.1. The molecule has 6 heteroatoms. The summed E-state index contributed by atoms with van der Waals surface area (Å²) in [4.78, 5) is 22.6. The highest BCUT2D eigenvalue weighted by Gasteiger charge is 2.21. The Hall–Kier alpha value is -5.36. The van der Waals surface area contributed by atoms with E-state index in [1.165, 1.54) is 33.6 Å². The summed E-state index contributed by atoms with van der Waals surface area (Å²) in [5, 5.41) is 0. The minimum absolute atomic E-state index is 0.891. The van der Waals surface area contributed by atoms with E-state index in [-0.39, 0.29) is 0 Å². The molecule has 0 aliphatic carbocycles. The molecular weight excluding hydrogens is 564 g/mol. The standard InChI is InChI=1S/2C20H21N3/c2*1-3-16-10-9-11-17(4-2)20(16)23(18-12-5-7-14-21-18)19-13-6-8-15-22-19/h2*5-15H,3-4H2,1-2H3. The third-order valence-corrected chi connectivity index (χ3v) is 7.89. The molecule has 0 bridgehead atoms. The minimum atomic E-state index is 0.891. The first-order valence-corrected chi connectivity index (χ1v) is 16.2. The zero-order valence-corrected chi connectivity index (χ0v) is 27.2. The number of hydrogen-bond acceptors (Lipinski definition) is 6. The molecule has 0 atom stereocenters. The maximum atomic E-state index is 4.57. The van der Waals surface area contributed by atoms with E-state index in [0.29, 0.717) is 0 Å². The molecular formula is C40H42N6. The van der Waals surface area contributed by atoms with Gasteiger partial charge >= 0.3 is 0 Å². The summed E-state index contributed by atoms with van der Waals surface area (Å²) in [6.07, 6.45) is 11.2. The van der Waals surface area contributed by atoms with Gasteiger partial charge in [-0.2, -0.15) is 0 Å². The van der Waals surface area contributed by atoms with Crippen LogP contribution in [0.4, 0.5) is 34.6 Å². The molecule has 0 aliphatic heterocycles. The van der Waals surface area contributed by atoms with Gasteiger partial charge in [-0.15, -0.1) is 0 Å². The molecule has 4 heterocycles. The van der Waals surface area contributed by atoms with Crippen molar-refractivity contribution in [2.24, 2.45) is 0 Å². The monoisotopic (exact) mass is 606 g/mol. The van der Waals surface area contributed by atoms with Gasteiger partial charge in [0, 0.05) is 24.8 Å². The van der Waals surface area contributed by atoms with Gasteiger partial charge in [-0.25, -0.2) is 19.9 Å². The van der Waals surface area contributed by atoms with Crippen molar-refractivity contribution in [2.45, 2.75) is 53.4 Å². The molecule has 6 nitrogen and oxygen atoms in total. The van der Waals surface area contributed by atoms with Gasteiger partial charge in [0.1, 0.15) is 23.3 Å². The van der Waals surface area contributed by atoms with Gasteiger partial charge in [-0.05, 0) is 96.5 Å². The fourth-order valence-electron chi connectivity index (χ4n) is 5.64. The highest BCUT2D eigenvalue weighted by atomic mass is 15.2. The van der Waals surface area contributed by atoms with Crippen molar-refractivity contribution in [3.8, 4) is 0 Å². The van der Waals surface area contributed by atoms with Crippen LogP contribution in [0.3, 0.4) is 0 Å². The normalized spacial score (nSPS) is 10.5. The van der Waals surface area contributed by atoms with Crippen LogP contribution in [-0.4, -0.2) is 19.9 Å². The Bertz CT molecular complexity index is 1520. The number of hydrogen-bond donors (Lipinski definition) is 0. The summed E-state index contributed by atoms with van der Waals surface area (Å²) in [7, 11) is 0. The number of aromatic nitrogens is 4. The summed E-state index contributed by atoms with van der Waals surface area (Å²) >= 11 is 0. The van der Waals surface area contributed by atoms with Crippen LogP contribution in [0.15, 0.2) is 134 Å². The van der Waals surface area contributed by atoms with E-state index in [1.807, 2.05) is 97.6 Å². The van der Waals surface area contributed by atoms with Crippen molar-refractivity contribution < 1.29 is 0 Å². The first kappa shape index (κ1) is 32.0. The van der Waals surface area contributed by atoms with Gasteiger partial charge in [0.25, 0.3) is 0 Å². The lowest BCUT2D eigenvalue weighted by atomic mass is 10.0. The number of pyridine rings is 4. The Balaban J connectivity index is 0.000000181. The van der Waals surface area contributed by atoms with Crippen molar-refractivity contribution in [2.75, 3.05) is 9.80 Å². The van der Waals surface area contributed by atoms with E-state index >= 15 is 0 Å². The number of rotatable bonds is 10. The SMILES string of the molecule is CCc1cccc(CC)c1N(c1ccccn1)c1ccccn1.CCc1cccc(CC)c1N(c1ccccn1)c1ccccn1. The van der Waals surface area contributed by atoms with Crippen LogP contribution in [0.2, 0.25) is 0 Å². The van der Waals surface area contributed by atoms with Crippen molar-refractivity contribution >= 4 is 34.6 Å². The molecule has 0 saturated heterocycles. The molecule has 0 spiro atoms. The molecule has 6 rings (SSSR count). The number of benzene rings is 2. The molecule has 0 saturated carbocycles. The molecule has 232 valence electrons. The van der Waals surface area contributed by atoms with Crippen LogP contribution < -0.4 is 9.80 Å². The van der Waals surface area contributed by atoms with E-state index < -0.39 is 0 Å². The summed E-state index contributed by atoms with van der Waals surface area (Å²) < 4.78 is 0. The average Bonchev–Trinajstić information content (AvgIpc) is 3.14. The minimum Gasteiger partial charge on any atom is -0.278 e. The van der Waals surface area contributed by atoms with Crippen molar-refractivity contribution in [1.82, 2.24) is 19.9 Å². The molecule has 0 unspecified atom stereocenters. The van der Waals surface area contributed by atoms with Crippen LogP contribution in [0, 0.1) is 0 Å². The average molecular weight is 607 g/mol. The number of nitrogens with zero attached hydrogens (tertiary/aromatic N) is 6. The summed E-state index contributed by atoms with van der Waals surface area (Å²) in [5.74, 6) is 3.56. The van der Waals surface area contributed by atoms with Crippen LogP contribution >= 0.6 is 0 Å². The summed E-state index contributed by atoms with van der Waals surface area (Å²) in [6.45, 7) is 8.75. The van der Waals surface area contributed by atoms with Crippen LogP contribution in [0.5, 0.6) is 0 Å². The highest BCUT2D eigenvalue weighted by Crippen LogP contribution is 2.38. The number of aryl methyl sites for hydroxylation is 4. The Kier molecular flexibility index (Phi) is 11.2. The molecule has 6 aromatic rings. The van der Waals surface area contributed by atoms with Gasteiger partial charge in [0.05, 0.1) is 11.4 Å². The molecule has 0 N–H and O–H groups in total. The maximum absolute atomic E-state index is 4.57. The van der Waals surface area contributed by atoms with E-state index in [4.69, 9.17) is 0 Å². The van der Waals surface area contributed by atoms with E-state index in [2.05, 4.69) is 93.8 Å². The largest absolute Gasteiger partial charge is 0.278 e. The third kappa shape index (κ3) is 7.29. The fraction of sp³-hybridized carbons (Fsp3) is 0.200. The number of anilines is 6. The lowest BCUT2D eigenvalue weighted by Gasteiger charge is -2.27. The second-order valence-electron chi connectivity index (χ2n) is 10.7. The highest BCUT2D eigenvalue weighted by molar-refractivity contribution is 5.78. The molecule has 2 aromatic carbocycles. The second kappa shape index (κ2) is 16.1. The van der Waals surface area contributed by atoms with Crippen molar-refractivity contribution in [3.63, 3.8) is 0 Å². The molecule has 4 aromatic heterocycles. The van der Waals surface area contributed by atoms with Crippen molar-refractivity contribution in [1.29, 1.82) is 0 Å². The quantitative estimate of drug-likeness (QED) is 0.155. The van der Waals surface area contributed by atoms with Gasteiger partial charge < -0.3 is 0 Å². The Labute approximate surface area is 273 Å².